The van der Waals surface area contributed by atoms with E-state index in [1.807, 2.05) is 6.07 Å². The minimum atomic E-state index is -3.43. The van der Waals surface area contributed by atoms with Crippen LogP contribution in [0, 0.1) is 11.8 Å². The van der Waals surface area contributed by atoms with Crippen LogP contribution < -0.4 is 10.0 Å². The molecule has 4 nitrogen and oxygen atoms in total. The summed E-state index contributed by atoms with van der Waals surface area (Å²) in [5.74, 6) is 0.764. The Labute approximate surface area is 129 Å². The van der Waals surface area contributed by atoms with Crippen LogP contribution in [0.2, 0.25) is 0 Å². The van der Waals surface area contributed by atoms with Crippen LogP contribution in [0.1, 0.15) is 40.2 Å². The zero-order valence-electron chi connectivity index (χ0n) is 13.7. The fraction of sp³-hybridized carbons (Fsp3) is 0.625. The van der Waals surface area contributed by atoms with E-state index >= 15 is 0 Å². The summed E-state index contributed by atoms with van der Waals surface area (Å²) in [7, 11) is -3.43. The first-order valence-corrected chi connectivity index (χ1v) is 9.02. The Balaban J connectivity index is 2.76. The first kappa shape index (κ1) is 18.1. The molecule has 1 aromatic rings. The number of hydrogen-bond donors (Lipinski definition) is 2. The van der Waals surface area contributed by atoms with Gasteiger partial charge in [-0.05, 0) is 29.5 Å². The van der Waals surface area contributed by atoms with Crippen molar-refractivity contribution in [1.82, 2.24) is 10.0 Å². The molecule has 0 aliphatic carbocycles. The Bertz CT molecular complexity index is 539. The Morgan fingerprint density at radius 3 is 2.33 bits per heavy atom. The summed E-state index contributed by atoms with van der Waals surface area (Å²) < 4.78 is 27.3. The lowest BCUT2D eigenvalue weighted by Gasteiger charge is -2.16. The SMILES string of the molecule is CC(C)NCc1cccc(S(=O)(=O)NCC(C)C(C)C)c1. The fourth-order valence-corrected chi connectivity index (χ4v) is 2.92. The van der Waals surface area contributed by atoms with Crippen LogP contribution in [-0.4, -0.2) is 21.0 Å². The second-order valence-corrected chi connectivity index (χ2v) is 8.02. The Morgan fingerprint density at radius 2 is 1.76 bits per heavy atom. The monoisotopic (exact) mass is 312 g/mol. The van der Waals surface area contributed by atoms with Gasteiger partial charge in [-0.1, -0.05) is 46.8 Å². The smallest absolute Gasteiger partial charge is 0.240 e. The standard InChI is InChI=1S/C16H28N2O2S/c1-12(2)14(5)10-18-21(19,20)16-8-6-7-15(9-16)11-17-13(3)4/h6-9,12-14,17-18H,10-11H2,1-5H3. The number of hydrogen-bond acceptors (Lipinski definition) is 3. The third-order valence-corrected chi connectivity index (χ3v) is 5.08. The Kier molecular flexibility index (Phi) is 6.84. The molecule has 0 bridgehead atoms. The molecular formula is C16H28N2O2S. The van der Waals surface area contributed by atoms with Gasteiger partial charge in [-0.25, -0.2) is 13.1 Å². The van der Waals surface area contributed by atoms with Gasteiger partial charge < -0.3 is 5.32 Å². The van der Waals surface area contributed by atoms with Crippen LogP contribution in [0.4, 0.5) is 0 Å². The molecule has 0 saturated heterocycles. The Hall–Kier alpha value is -0.910. The van der Waals surface area contributed by atoms with Gasteiger partial charge in [-0.3, -0.25) is 0 Å². The van der Waals surface area contributed by atoms with Gasteiger partial charge in [0, 0.05) is 19.1 Å². The molecule has 0 fully saturated rings. The zero-order valence-corrected chi connectivity index (χ0v) is 14.5. The maximum Gasteiger partial charge on any atom is 0.240 e. The van der Waals surface area contributed by atoms with Gasteiger partial charge in [0.25, 0.3) is 0 Å². The Morgan fingerprint density at radius 1 is 1.10 bits per heavy atom. The van der Waals surface area contributed by atoms with Crippen LogP contribution in [0.15, 0.2) is 29.2 Å². The molecule has 120 valence electrons. The van der Waals surface area contributed by atoms with Crippen molar-refractivity contribution < 1.29 is 8.42 Å². The third kappa shape index (κ3) is 6.16. The van der Waals surface area contributed by atoms with Gasteiger partial charge >= 0.3 is 0 Å². The van der Waals surface area contributed by atoms with Crippen LogP contribution in [-0.2, 0) is 16.6 Å². The lowest BCUT2D eigenvalue weighted by molar-refractivity contribution is 0.414. The van der Waals surface area contributed by atoms with Crippen molar-refractivity contribution in [1.29, 1.82) is 0 Å². The summed E-state index contributed by atoms with van der Waals surface area (Å²) in [6, 6.07) is 7.47. The maximum absolute atomic E-state index is 12.3. The molecule has 0 spiro atoms. The molecule has 5 heteroatoms. The van der Waals surface area contributed by atoms with Gasteiger partial charge in [0.05, 0.1) is 4.90 Å². The number of benzene rings is 1. The van der Waals surface area contributed by atoms with Crippen LogP contribution in [0.25, 0.3) is 0 Å². The zero-order chi connectivity index (χ0) is 16.0. The van der Waals surface area contributed by atoms with Crippen molar-refractivity contribution >= 4 is 10.0 Å². The van der Waals surface area contributed by atoms with Gasteiger partial charge in [0.2, 0.25) is 10.0 Å². The van der Waals surface area contributed by atoms with E-state index < -0.39 is 10.0 Å². The quantitative estimate of drug-likeness (QED) is 0.776. The molecule has 0 aliphatic heterocycles. The van der Waals surface area contributed by atoms with Crippen molar-refractivity contribution in [3.05, 3.63) is 29.8 Å². The summed E-state index contributed by atoms with van der Waals surface area (Å²) in [5, 5.41) is 3.29. The highest BCUT2D eigenvalue weighted by Crippen LogP contribution is 2.14. The van der Waals surface area contributed by atoms with E-state index in [0.717, 1.165) is 5.56 Å². The molecular weight excluding hydrogens is 284 g/mol. The first-order valence-electron chi connectivity index (χ1n) is 7.54. The molecule has 2 N–H and O–H groups in total. The van der Waals surface area contributed by atoms with Crippen molar-refractivity contribution in [3.63, 3.8) is 0 Å². The highest BCUT2D eigenvalue weighted by Gasteiger charge is 2.16. The number of nitrogens with one attached hydrogen (secondary N) is 2. The minimum Gasteiger partial charge on any atom is -0.310 e. The van der Waals surface area contributed by atoms with E-state index in [1.165, 1.54) is 0 Å². The average Bonchev–Trinajstić information content (AvgIpc) is 2.42. The molecule has 1 rings (SSSR count). The summed E-state index contributed by atoms with van der Waals surface area (Å²) in [6.45, 7) is 11.5. The molecule has 1 aromatic carbocycles. The molecule has 0 amide bonds. The number of rotatable bonds is 8. The average molecular weight is 312 g/mol. The second-order valence-electron chi connectivity index (χ2n) is 6.26. The van der Waals surface area contributed by atoms with E-state index in [2.05, 4.69) is 44.7 Å². The summed E-state index contributed by atoms with van der Waals surface area (Å²) in [5.41, 5.74) is 0.975. The topological polar surface area (TPSA) is 58.2 Å². The van der Waals surface area contributed by atoms with Crippen molar-refractivity contribution in [2.24, 2.45) is 11.8 Å². The van der Waals surface area contributed by atoms with E-state index in [1.54, 1.807) is 18.2 Å². The largest absolute Gasteiger partial charge is 0.310 e. The maximum atomic E-state index is 12.3. The van der Waals surface area contributed by atoms with Crippen molar-refractivity contribution in [2.45, 2.75) is 52.1 Å². The van der Waals surface area contributed by atoms with E-state index in [-0.39, 0.29) is 0 Å². The van der Waals surface area contributed by atoms with Gasteiger partial charge in [-0.15, -0.1) is 0 Å². The van der Waals surface area contributed by atoms with Crippen molar-refractivity contribution in [2.75, 3.05) is 6.54 Å². The predicted molar refractivity (Wildman–Crippen MR) is 87.6 cm³/mol. The summed E-state index contributed by atoms with van der Waals surface area (Å²) in [4.78, 5) is 0.335. The van der Waals surface area contributed by atoms with E-state index in [9.17, 15) is 8.42 Å². The van der Waals surface area contributed by atoms with Crippen LogP contribution in [0.3, 0.4) is 0 Å². The molecule has 1 atom stereocenters. The van der Waals surface area contributed by atoms with Gasteiger partial charge in [0.1, 0.15) is 0 Å². The molecule has 1 unspecified atom stereocenters. The normalized spacial score (nSPS) is 13.9. The summed E-state index contributed by atoms with van der Waals surface area (Å²) >= 11 is 0. The highest BCUT2D eigenvalue weighted by molar-refractivity contribution is 7.89. The second kappa shape index (κ2) is 7.92. The first-order chi connectivity index (χ1) is 9.72. The van der Waals surface area contributed by atoms with Crippen LogP contribution >= 0.6 is 0 Å². The van der Waals surface area contributed by atoms with E-state index in [0.29, 0.717) is 35.9 Å². The fourth-order valence-electron chi connectivity index (χ4n) is 1.70. The predicted octanol–water partition coefficient (Wildman–Crippen LogP) is 2.76. The van der Waals surface area contributed by atoms with E-state index in [4.69, 9.17) is 0 Å². The highest BCUT2D eigenvalue weighted by atomic mass is 32.2. The molecule has 0 aromatic heterocycles. The van der Waals surface area contributed by atoms with Crippen molar-refractivity contribution in [3.8, 4) is 0 Å². The summed E-state index contributed by atoms with van der Waals surface area (Å²) in [6.07, 6.45) is 0. The molecule has 0 aliphatic rings. The lowest BCUT2D eigenvalue weighted by Crippen LogP contribution is -2.30. The molecule has 0 heterocycles. The van der Waals surface area contributed by atoms with Gasteiger partial charge in [-0.2, -0.15) is 0 Å². The minimum absolute atomic E-state index is 0.311. The third-order valence-electron chi connectivity index (χ3n) is 3.66. The van der Waals surface area contributed by atoms with Crippen LogP contribution in [0.5, 0.6) is 0 Å². The molecule has 0 radical (unpaired) electrons. The lowest BCUT2D eigenvalue weighted by atomic mass is 9.99. The molecule has 21 heavy (non-hydrogen) atoms. The molecule has 0 saturated carbocycles. The van der Waals surface area contributed by atoms with Gasteiger partial charge in [0.15, 0.2) is 0 Å². The number of sulfonamides is 1.